The highest BCUT2D eigenvalue weighted by molar-refractivity contribution is 9.10. The van der Waals surface area contributed by atoms with Crippen LogP contribution in [0.1, 0.15) is 17.6 Å². The van der Waals surface area contributed by atoms with E-state index in [4.69, 9.17) is 0 Å². The Morgan fingerprint density at radius 2 is 1.89 bits per heavy atom. The van der Waals surface area contributed by atoms with Gasteiger partial charge < -0.3 is 5.32 Å². The van der Waals surface area contributed by atoms with Gasteiger partial charge in [-0.2, -0.15) is 0 Å². The van der Waals surface area contributed by atoms with Crippen LogP contribution in [0.5, 0.6) is 0 Å². The molecule has 2 aromatic rings. The van der Waals surface area contributed by atoms with Crippen molar-refractivity contribution in [1.29, 1.82) is 0 Å². The molecule has 1 N–H and O–H groups in total. The molecular formula is C14H11BrF3N. The van der Waals surface area contributed by atoms with Crippen molar-refractivity contribution in [2.45, 2.75) is 13.0 Å². The van der Waals surface area contributed by atoms with Crippen LogP contribution in [0.3, 0.4) is 0 Å². The fourth-order valence-corrected chi connectivity index (χ4v) is 2.00. The Morgan fingerprint density at radius 3 is 2.58 bits per heavy atom. The van der Waals surface area contributed by atoms with E-state index in [9.17, 15) is 13.2 Å². The first kappa shape index (κ1) is 13.9. The summed E-state index contributed by atoms with van der Waals surface area (Å²) in [5.41, 5.74) is 0.987. The Kier molecular flexibility index (Phi) is 4.47. The zero-order chi connectivity index (χ0) is 13.8. The molecule has 0 atom stereocenters. The average molecular weight is 330 g/mol. The van der Waals surface area contributed by atoms with Crippen LogP contribution < -0.4 is 5.32 Å². The summed E-state index contributed by atoms with van der Waals surface area (Å²) in [5.74, 6) is -0.389. The zero-order valence-corrected chi connectivity index (χ0v) is 11.4. The molecule has 0 aromatic heterocycles. The quantitative estimate of drug-likeness (QED) is 0.819. The van der Waals surface area contributed by atoms with E-state index in [1.54, 1.807) is 24.3 Å². The van der Waals surface area contributed by atoms with Crippen LogP contribution in [0.4, 0.5) is 18.9 Å². The van der Waals surface area contributed by atoms with Gasteiger partial charge in [0.1, 0.15) is 5.82 Å². The Morgan fingerprint density at radius 1 is 1.11 bits per heavy atom. The minimum atomic E-state index is -2.50. The van der Waals surface area contributed by atoms with Gasteiger partial charge in [0.15, 0.2) is 0 Å². The van der Waals surface area contributed by atoms with Crippen LogP contribution in [0, 0.1) is 5.82 Å². The second kappa shape index (κ2) is 6.10. The van der Waals surface area contributed by atoms with E-state index in [0.29, 0.717) is 22.3 Å². The standard InChI is InChI=1S/C14H11BrF3N/c15-11-4-5-13(12(16)7-11)19-8-9-2-1-3-10(6-9)14(17)18/h1-7,14,19H,8H2. The van der Waals surface area contributed by atoms with E-state index in [-0.39, 0.29) is 11.4 Å². The Balaban J connectivity index is 2.08. The monoisotopic (exact) mass is 329 g/mol. The highest BCUT2D eigenvalue weighted by atomic mass is 79.9. The van der Waals surface area contributed by atoms with Gasteiger partial charge in [0.05, 0.1) is 5.69 Å². The number of halogens is 4. The Labute approximate surface area is 117 Å². The summed E-state index contributed by atoms with van der Waals surface area (Å²) in [6, 6.07) is 10.7. The number of alkyl halides is 2. The lowest BCUT2D eigenvalue weighted by Crippen LogP contribution is -2.02. The van der Waals surface area contributed by atoms with Crippen LogP contribution in [-0.4, -0.2) is 0 Å². The highest BCUT2D eigenvalue weighted by Crippen LogP contribution is 2.22. The Bertz CT molecular complexity index is 572. The second-order valence-corrected chi connectivity index (χ2v) is 4.94. The predicted molar refractivity (Wildman–Crippen MR) is 72.8 cm³/mol. The van der Waals surface area contributed by atoms with Crippen LogP contribution in [-0.2, 0) is 6.54 Å². The van der Waals surface area contributed by atoms with Gasteiger partial charge in [0, 0.05) is 16.6 Å². The first-order valence-electron chi connectivity index (χ1n) is 5.62. The van der Waals surface area contributed by atoms with Crippen molar-refractivity contribution in [2.24, 2.45) is 0 Å². The lowest BCUT2D eigenvalue weighted by atomic mass is 10.1. The first-order valence-corrected chi connectivity index (χ1v) is 6.41. The van der Waals surface area contributed by atoms with Gasteiger partial charge in [-0.05, 0) is 29.8 Å². The molecule has 5 heteroatoms. The molecule has 0 aliphatic carbocycles. The number of nitrogens with one attached hydrogen (secondary N) is 1. The normalized spacial score (nSPS) is 10.8. The molecule has 0 saturated heterocycles. The molecule has 0 unspecified atom stereocenters. The van der Waals surface area contributed by atoms with Crippen LogP contribution in [0.25, 0.3) is 0 Å². The van der Waals surface area contributed by atoms with E-state index in [1.807, 2.05) is 0 Å². The van der Waals surface area contributed by atoms with Crippen molar-refractivity contribution in [3.8, 4) is 0 Å². The van der Waals surface area contributed by atoms with Crippen molar-refractivity contribution in [3.05, 3.63) is 63.9 Å². The van der Waals surface area contributed by atoms with E-state index in [0.717, 1.165) is 0 Å². The van der Waals surface area contributed by atoms with Gasteiger partial charge in [-0.25, -0.2) is 13.2 Å². The number of benzene rings is 2. The number of hydrogen-bond acceptors (Lipinski definition) is 1. The molecule has 0 bridgehead atoms. The number of rotatable bonds is 4. The SMILES string of the molecule is Fc1cc(Br)ccc1NCc1cccc(C(F)F)c1. The zero-order valence-electron chi connectivity index (χ0n) is 9.84. The van der Waals surface area contributed by atoms with Crippen molar-refractivity contribution in [3.63, 3.8) is 0 Å². The molecule has 0 spiro atoms. The molecule has 100 valence electrons. The van der Waals surface area contributed by atoms with Gasteiger partial charge in [0.2, 0.25) is 0 Å². The molecule has 2 rings (SSSR count). The third-order valence-corrected chi connectivity index (χ3v) is 3.11. The summed E-state index contributed by atoms with van der Waals surface area (Å²) in [5, 5.41) is 2.88. The van der Waals surface area contributed by atoms with Crippen molar-refractivity contribution in [1.82, 2.24) is 0 Å². The largest absolute Gasteiger partial charge is 0.379 e. The molecule has 0 heterocycles. The highest BCUT2D eigenvalue weighted by Gasteiger charge is 2.07. The maximum atomic E-state index is 13.5. The minimum Gasteiger partial charge on any atom is -0.379 e. The van der Waals surface area contributed by atoms with Gasteiger partial charge in [0.25, 0.3) is 6.43 Å². The molecule has 0 amide bonds. The summed E-state index contributed by atoms with van der Waals surface area (Å²) in [7, 11) is 0. The second-order valence-electron chi connectivity index (χ2n) is 4.02. The van der Waals surface area contributed by atoms with Crippen LogP contribution in [0.15, 0.2) is 46.9 Å². The van der Waals surface area contributed by atoms with E-state index < -0.39 is 6.43 Å². The Hall–Kier alpha value is -1.49. The molecule has 0 fully saturated rings. The van der Waals surface area contributed by atoms with Crippen molar-refractivity contribution >= 4 is 21.6 Å². The van der Waals surface area contributed by atoms with Gasteiger partial charge in [-0.3, -0.25) is 0 Å². The maximum absolute atomic E-state index is 13.5. The molecule has 2 aromatic carbocycles. The maximum Gasteiger partial charge on any atom is 0.263 e. The summed E-state index contributed by atoms with van der Waals surface area (Å²) in [6.07, 6.45) is -2.50. The minimum absolute atomic E-state index is 0.0319. The third-order valence-electron chi connectivity index (χ3n) is 2.62. The molecule has 1 nitrogen and oxygen atoms in total. The number of hydrogen-bond donors (Lipinski definition) is 1. The van der Waals surface area contributed by atoms with Gasteiger partial charge in [-0.1, -0.05) is 34.1 Å². The van der Waals surface area contributed by atoms with Gasteiger partial charge in [-0.15, -0.1) is 0 Å². The van der Waals surface area contributed by atoms with Crippen molar-refractivity contribution in [2.75, 3.05) is 5.32 Å². The summed E-state index contributed by atoms with van der Waals surface area (Å²) in [6.45, 7) is 0.291. The summed E-state index contributed by atoms with van der Waals surface area (Å²) in [4.78, 5) is 0. The molecule has 0 saturated carbocycles. The van der Waals surface area contributed by atoms with Gasteiger partial charge >= 0.3 is 0 Å². The van der Waals surface area contributed by atoms with E-state index >= 15 is 0 Å². The number of anilines is 1. The van der Waals surface area contributed by atoms with Crippen LogP contribution in [0.2, 0.25) is 0 Å². The smallest absolute Gasteiger partial charge is 0.263 e. The molecule has 19 heavy (non-hydrogen) atoms. The lowest BCUT2D eigenvalue weighted by Gasteiger charge is -2.09. The third kappa shape index (κ3) is 3.73. The molecular weight excluding hydrogens is 319 g/mol. The topological polar surface area (TPSA) is 12.0 Å². The average Bonchev–Trinajstić information content (AvgIpc) is 2.38. The fourth-order valence-electron chi connectivity index (χ4n) is 1.67. The molecule has 0 aliphatic heterocycles. The predicted octanol–water partition coefficient (Wildman–Crippen LogP) is 5.14. The molecule has 0 radical (unpaired) electrons. The fraction of sp³-hybridized carbons (Fsp3) is 0.143. The van der Waals surface area contributed by atoms with E-state index in [1.165, 1.54) is 18.2 Å². The van der Waals surface area contributed by atoms with E-state index in [2.05, 4.69) is 21.2 Å². The lowest BCUT2D eigenvalue weighted by molar-refractivity contribution is 0.151. The first-order chi connectivity index (χ1) is 9.06. The molecule has 0 aliphatic rings. The summed E-state index contributed by atoms with van der Waals surface area (Å²) < 4.78 is 39.3. The van der Waals surface area contributed by atoms with Crippen LogP contribution >= 0.6 is 15.9 Å². The summed E-state index contributed by atoms with van der Waals surface area (Å²) >= 11 is 3.17. The van der Waals surface area contributed by atoms with Crippen molar-refractivity contribution < 1.29 is 13.2 Å².